The Kier molecular flexibility index (Phi) is 9.71. The highest BCUT2D eigenvalue weighted by Crippen LogP contribution is 2.30. The molecule has 3 aromatic carbocycles. The Morgan fingerprint density at radius 3 is 2.38 bits per heavy atom. The number of hydrogen-bond acceptors (Lipinski definition) is 5. The van der Waals surface area contributed by atoms with Crippen molar-refractivity contribution in [2.75, 3.05) is 6.54 Å². The van der Waals surface area contributed by atoms with Gasteiger partial charge in [0.1, 0.15) is 11.6 Å². The fraction of sp³-hybridized carbons (Fsp3) is 0.345. The maximum absolute atomic E-state index is 13.9. The molecule has 0 fully saturated rings. The first-order valence-electron chi connectivity index (χ1n) is 12.3. The maximum atomic E-state index is 13.9. The van der Waals surface area contributed by atoms with Gasteiger partial charge in [0.2, 0.25) is 5.91 Å². The molecule has 10 heteroatoms. The number of aliphatic hydroxyl groups is 2. The van der Waals surface area contributed by atoms with Crippen LogP contribution in [0.15, 0.2) is 60.7 Å². The molecular weight excluding hydrogens is 516 g/mol. The second kappa shape index (κ2) is 12.6. The van der Waals surface area contributed by atoms with E-state index < -0.39 is 35.1 Å². The number of nitrogens with one attached hydrogen (secondary N) is 2. The minimum atomic E-state index is -4.61. The first-order valence-corrected chi connectivity index (χ1v) is 12.3. The van der Waals surface area contributed by atoms with Crippen LogP contribution in [-0.2, 0) is 37.0 Å². The van der Waals surface area contributed by atoms with Gasteiger partial charge in [-0.05, 0) is 67.3 Å². The van der Waals surface area contributed by atoms with Crippen LogP contribution in [0, 0.1) is 5.82 Å². The lowest BCUT2D eigenvalue weighted by molar-refractivity contribution is -0.137. The summed E-state index contributed by atoms with van der Waals surface area (Å²) in [7, 11) is 0. The number of aromatic hydroxyl groups is 1. The molecule has 0 saturated carbocycles. The van der Waals surface area contributed by atoms with Crippen molar-refractivity contribution in [3.63, 3.8) is 0 Å². The molecule has 0 aliphatic rings. The van der Waals surface area contributed by atoms with Gasteiger partial charge in [0.25, 0.3) is 0 Å². The Balaban J connectivity index is 1.55. The number of phenols is 1. The van der Waals surface area contributed by atoms with E-state index in [1.54, 1.807) is 24.3 Å². The molecule has 1 atom stereocenters. The minimum absolute atomic E-state index is 0.0327. The standard InChI is InChI=1S/C29H32F4N2O4/c1-28(2,35-16-26(38)20-6-9-25(37)22(12-20)17-36)14-19-5-3-4-18(10-19)11-27(39)34-15-21-13-23(29(31,32)33)7-8-24(21)30/h3-10,12-13,26,35-38H,11,14-17H2,1-2H3,(H,34,39)/t26-/m1/s1. The van der Waals surface area contributed by atoms with E-state index in [0.29, 0.717) is 35.2 Å². The molecule has 1 amide bonds. The summed E-state index contributed by atoms with van der Waals surface area (Å²) in [5, 5.41) is 35.4. The monoisotopic (exact) mass is 548 g/mol. The number of carbonyl (C=O) groups is 1. The van der Waals surface area contributed by atoms with Crippen molar-refractivity contribution in [3.05, 3.63) is 99.9 Å². The first-order chi connectivity index (χ1) is 18.3. The van der Waals surface area contributed by atoms with Crippen molar-refractivity contribution >= 4 is 5.91 Å². The van der Waals surface area contributed by atoms with Crippen molar-refractivity contribution in [2.24, 2.45) is 0 Å². The molecule has 210 valence electrons. The molecule has 0 unspecified atom stereocenters. The Labute approximate surface area is 224 Å². The lowest BCUT2D eigenvalue weighted by Crippen LogP contribution is -2.43. The summed E-state index contributed by atoms with van der Waals surface area (Å²) >= 11 is 0. The minimum Gasteiger partial charge on any atom is -0.508 e. The largest absolute Gasteiger partial charge is 0.508 e. The molecule has 0 spiro atoms. The third kappa shape index (κ3) is 8.77. The SMILES string of the molecule is CC(C)(Cc1cccc(CC(=O)NCc2cc(C(F)(F)F)ccc2F)c1)NC[C@@H](O)c1ccc(O)c(CO)c1. The molecule has 3 rings (SSSR count). The number of aliphatic hydroxyl groups excluding tert-OH is 2. The van der Waals surface area contributed by atoms with Gasteiger partial charge in [-0.15, -0.1) is 0 Å². The van der Waals surface area contributed by atoms with E-state index in [1.807, 2.05) is 26.0 Å². The second-order valence-corrected chi connectivity index (χ2v) is 10.1. The molecular formula is C29H32F4N2O4. The topological polar surface area (TPSA) is 102 Å². The molecule has 0 aliphatic heterocycles. The number of amides is 1. The van der Waals surface area contributed by atoms with Crippen molar-refractivity contribution < 1.29 is 37.7 Å². The molecule has 39 heavy (non-hydrogen) atoms. The number of hydrogen-bond donors (Lipinski definition) is 5. The summed E-state index contributed by atoms with van der Waals surface area (Å²) in [6.07, 6.45) is -4.95. The third-order valence-electron chi connectivity index (χ3n) is 6.28. The summed E-state index contributed by atoms with van der Waals surface area (Å²) in [5.41, 5.74) is 0.808. The maximum Gasteiger partial charge on any atom is 0.416 e. The van der Waals surface area contributed by atoms with E-state index in [-0.39, 0.29) is 37.4 Å². The fourth-order valence-electron chi connectivity index (χ4n) is 4.18. The first kappa shape index (κ1) is 30.1. The Bertz CT molecular complexity index is 1290. The second-order valence-electron chi connectivity index (χ2n) is 10.1. The molecule has 3 aromatic rings. The van der Waals surface area contributed by atoms with Crippen molar-refractivity contribution in [1.82, 2.24) is 10.6 Å². The van der Waals surface area contributed by atoms with Gasteiger partial charge in [0.15, 0.2) is 0 Å². The Hall–Kier alpha value is -3.47. The Morgan fingerprint density at radius 2 is 1.69 bits per heavy atom. The number of alkyl halides is 3. The van der Waals surface area contributed by atoms with Gasteiger partial charge in [0.05, 0.1) is 24.7 Å². The molecule has 0 radical (unpaired) electrons. The zero-order chi connectivity index (χ0) is 28.8. The van der Waals surface area contributed by atoms with Gasteiger partial charge >= 0.3 is 6.18 Å². The summed E-state index contributed by atoms with van der Waals surface area (Å²) < 4.78 is 52.7. The van der Waals surface area contributed by atoms with Crippen molar-refractivity contribution in [2.45, 2.75) is 57.7 Å². The zero-order valence-corrected chi connectivity index (χ0v) is 21.6. The predicted molar refractivity (Wildman–Crippen MR) is 138 cm³/mol. The molecule has 0 saturated heterocycles. The number of halogens is 4. The number of β-amino-alcohol motifs (C(OH)–C–C–N with tert-alkyl or cyclic N) is 1. The van der Waals surface area contributed by atoms with Crippen LogP contribution in [0.5, 0.6) is 5.75 Å². The average Bonchev–Trinajstić information content (AvgIpc) is 2.86. The van der Waals surface area contributed by atoms with Crippen LogP contribution in [0.4, 0.5) is 17.6 Å². The van der Waals surface area contributed by atoms with Crippen LogP contribution in [0.2, 0.25) is 0 Å². The van der Waals surface area contributed by atoms with E-state index in [9.17, 15) is 37.7 Å². The summed E-state index contributed by atoms with van der Waals surface area (Å²) in [4.78, 5) is 12.4. The highest BCUT2D eigenvalue weighted by atomic mass is 19.4. The molecule has 0 aliphatic carbocycles. The van der Waals surface area contributed by atoms with E-state index in [1.165, 1.54) is 6.07 Å². The van der Waals surface area contributed by atoms with Crippen LogP contribution in [0.3, 0.4) is 0 Å². The number of carbonyl (C=O) groups excluding carboxylic acids is 1. The van der Waals surface area contributed by atoms with Crippen LogP contribution in [-0.4, -0.2) is 33.3 Å². The van der Waals surface area contributed by atoms with E-state index >= 15 is 0 Å². The van der Waals surface area contributed by atoms with Crippen molar-refractivity contribution in [1.29, 1.82) is 0 Å². The summed E-state index contributed by atoms with van der Waals surface area (Å²) in [6, 6.07) is 13.9. The summed E-state index contributed by atoms with van der Waals surface area (Å²) in [6.45, 7) is 3.42. The molecule has 0 aromatic heterocycles. The van der Waals surface area contributed by atoms with Crippen LogP contribution >= 0.6 is 0 Å². The quantitative estimate of drug-likeness (QED) is 0.227. The van der Waals surface area contributed by atoms with Gasteiger partial charge in [-0.3, -0.25) is 4.79 Å². The predicted octanol–water partition coefficient (Wildman–Crippen LogP) is 4.55. The lowest BCUT2D eigenvalue weighted by Gasteiger charge is -2.28. The molecule has 0 bridgehead atoms. The van der Waals surface area contributed by atoms with Gasteiger partial charge in [-0.1, -0.05) is 30.3 Å². The van der Waals surface area contributed by atoms with Crippen molar-refractivity contribution in [3.8, 4) is 5.75 Å². The molecule has 0 heterocycles. The van der Waals surface area contributed by atoms with Crippen LogP contribution in [0.25, 0.3) is 0 Å². The zero-order valence-electron chi connectivity index (χ0n) is 21.6. The molecule has 5 N–H and O–H groups in total. The van der Waals surface area contributed by atoms with E-state index in [2.05, 4.69) is 10.6 Å². The summed E-state index contributed by atoms with van der Waals surface area (Å²) in [5.74, 6) is -1.33. The molecule has 6 nitrogen and oxygen atoms in total. The number of rotatable bonds is 11. The smallest absolute Gasteiger partial charge is 0.416 e. The van der Waals surface area contributed by atoms with Gasteiger partial charge in [0, 0.05) is 29.8 Å². The average molecular weight is 549 g/mol. The Morgan fingerprint density at radius 1 is 0.974 bits per heavy atom. The van der Waals surface area contributed by atoms with Gasteiger partial charge < -0.3 is 26.0 Å². The number of benzene rings is 3. The van der Waals surface area contributed by atoms with Crippen LogP contribution < -0.4 is 10.6 Å². The fourth-order valence-corrected chi connectivity index (χ4v) is 4.18. The highest BCUT2D eigenvalue weighted by molar-refractivity contribution is 5.78. The van der Waals surface area contributed by atoms with Gasteiger partial charge in [-0.25, -0.2) is 4.39 Å². The van der Waals surface area contributed by atoms with Gasteiger partial charge in [-0.2, -0.15) is 13.2 Å². The third-order valence-corrected chi connectivity index (χ3v) is 6.28. The van der Waals surface area contributed by atoms with Crippen LogP contribution in [0.1, 0.15) is 53.3 Å². The lowest BCUT2D eigenvalue weighted by atomic mass is 9.93. The van der Waals surface area contributed by atoms with E-state index in [0.717, 1.165) is 11.6 Å². The van der Waals surface area contributed by atoms with E-state index in [4.69, 9.17) is 0 Å². The highest BCUT2D eigenvalue weighted by Gasteiger charge is 2.31. The normalized spacial score (nSPS) is 12.8.